The van der Waals surface area contributed by atoms with E-state index in [0.717, 1.165) is 19.1 Å². The number of benzene rings is 1. The van der Waals surface area contributed by atoms with Gasteiger partial charge in [0.2, 0.25) is 0 Å². The van der Waals surface area contributed by atoms with E-state index in [1.165, 1.54) is 0 Å². The lowest BCUT2D eigenvalue weighted by Crippen LogP contribution is -2.34. The third-order valence-corrected chi connectivity index (χ3v) is 2.43. The maximum Gasteiger partial charge on any atom is 0.417 e. The van der Waals surface area contributed by atoms with Crippen LogP contribution in [0.1, 0.15) is 17.3 Å². The molecule has 0 fully saturated rings. The van der Waals surface area contributed by atoms with Gasteiger partial charge in [0.05, 0.1) is 10.6 Å². The number of halogens is 5. The summed E-state index contributed by atoms with van der Waals surface area (Å²) < 4.78 is 54.0. The highest BCUT2D eigenvalue weighted by Crippen LogP contribution is 2.31. The molecule has 0 heterocycles. The molecule has 3 nitrogen and oxygen atoms in total. The Bertz CT molecular complexity index is 488. The Balaban J connectivity index is 2.98. The van der Waals surface area contributed by atoms with Crippen molar-refractivity contribution < 1.29 is 32.2 Å². The number of carbonyl (C=O) groups excluding carboxylic acids is 1. The number of carbonyl (C=O) groups is 1. The molecular formula is C11H9ClF4O3. The summed E-state index contributed by atoms with van der Waals surface area (Å²) >= 11 is 5.60. The number of Topliss-reactive ketones (excluding diaryl/α,β-unsaturated/α-hetero) is 1. The van der Waals surface area contributed by atoms with Gasteiger partial charge in [-0.1, -0.05) is 11.6 Å². The molecule has 1 aromatic carbocycles. The fraction of sp³-hybridized carbons (Fsp3) is 0.364. The van der Waals surface area contributed by atoms with E-state index in [2.05, 4.69) is 4.74 Å². The van der Waals surface area contributed by atoms with Crippen molar-refractivity contribution in [3.8, 4) is 5.75 Å². The van der Waals surface area contributed by atoms with E-state index < -0.39 is 30.5 Å². The minimum absolute atomic E-state index is 0.292. The van der Waals surface area contributed by atoms with Gasteiger partial charge in [-0.05, 0) is 19.1 Å². The molecule has 0 aliphatic heterocycles. The monoisotopic (exact) mass is 300 g/mol. The van der Waals surface area contributed by atoms with Crippen LogP contribution in [-0.4, -0.2) is 29.8 Å². The molecule has 0 aliphatic rings. The normalized spacial score (nSPS) is 13.2. The molecule has 1 N–H and O–H groups in total. The molecule has 0 radical (unpaired) electrons. The van der Waals surface area contributed by atoms with E-state index in [4.69, 9.17) is 16.7 Å². The lowest BCUT2D eigenvalue weighted by atomic mass is 10.1. The van der Waals surface area contributed by atoms with Gasteiger partial charge in [-0.15, -0.1) is 0 Å². The molecule has 1 aromatic rings. The molecule has 0 bridgehead atoms. The number of ketones is 1. The third-order valence-electron chi connectivity index (χ3n) is 2.15. The number of rotatable bonds is 4. The van der Waals surface area contributed by atoms with E-state index >= 15 is 0 Å². The Morgan fingerprint density at radius 2 is 2.05 bits per heavy atom. The van der Waals surface area contributed by atoms with Crippen molar-refractivity contribution >= 4 is 17.4 Å². The number of ether oxygens (including phenoxy) is 1. The molecule has 0 aliphatic carbocycles. The minimum Gasteiger partial charge on any atom is -0.488 e. The highest BCUT2D eigenvalue weighted by Gasteiger charge is 2.39. The van der Waals surface area contributed by atoms with Gasteiger partial charge in [0.15, 0.2) is 11.9 Å². The molecular weight excluding hydrogens is 292 g/mol. The first-order valence-electron chi connectivity index (χ1n) is 5.00. The number of aliphatic hydroxyl groups excluding tert-OH is 1. The fourth-order valence-electron chi connectivity index (χ4n) is 1.23. The summed E-state index contributed by atoms with van der Waals surface area (Å²) in [5.74, 6) is -1.84. The SMILES string of the molecule is CC(=O)c1cc(F)cc(Cl)c1OCC(O)C(F)(F)F. The lowest BCUT2D eigenvalue weighted by molar-refractivity contribution is -0.210. The fourth-order valence-corrected chi connectivity index (χ4v) is 1.49. The summed E-state index contributed by atoms with van der Waals surface area (Å²) in [5, 5.41) is 8.42. The number of alkyl halides is 3. The maximum atomic E-state index is 13.0. The van der Waals surface area contributed by atoms with Crippen molar-refractivity contribution in [3.63, 3.8) is 0 Å². The Hall–Kier alpha value is -1.34. The Morgan fingerprint density at radius 1 is 1.47 bits per heavy atom. The standard InChI is InChI=1S/C11H9ClF4O3/c1-5(17)7-2-6(13)3-8(12)10(7)19-4-9(18)11(14,15)16/h2-3,9,18H,4H2,1H3. The highest BCUT2D eigenvalue weighted by atomic mass is 35.5. The first-order valence-corrected chi connectivity index (χ1v) is 5.38. The van der Waals surface area contributed by atoms with Crippen molar-refractivity contribution in [3.05, 3.63) is 28.5 Å². The van der Waals surface area contributed by atoms with Crippen LogP contribution in [0.4, 0.5) is 17.6 Å². The minimum atomic E-state index is -4.86. The van der Waals surface area contributed by atoms with Crippen LogP contribution in [0.3, 0.4) is 0 Å². The zero-order valence-corrected chi connectivity index (χ0v) is 10.3. The zero-order chi connectivity index (χ0) is 14.8. The second-order valence-corrected chi connectivity index (χ2v) is 4.10. The quantitative estimate of drug-likeness (QED) is 0.687. The molecule has 106 valence electrons. The van der Waals surface area contributed by atoms with Crippen LogP contribution < -0.4 is 4.74 Å². The zero-order valence-electron chi connectivity index (χ0n) is 9.59. The summed E-state index contributed by atoms with van der Waals surface area (Å²) in [5.41, 5.74) is -0.292. The van der Waals surface area contributed by atoms with Crippen molar-refractivity contribution in [2.45, 2.75) is 19.2 Å². The predicted molar refractivity (Wildman–Crippen MR) is 59.0 cm³/mol. The van der Waals surface area contributed by atoms with Crippen molar-refractivity contribution in [1.82, 2.24) is 0 Å². The first-order chi connectivity index (χ1) is 8.62. The number of hydrogen-bond acceptors (Lipinski definition) is 3. The summed E-state index contributed by atoms with van der Waals surface area (Å²) in [6, 6.07) is 1.59. The van der Waals surface area contributed by atoms with Gasteiger partial charge in [0.1, 0.15) is 18.2 Å². The van der Waals surface area contributed by atoms with Gasteiger partial charge in [-0.25, -0.2) is 4.39 Å². The predicted octanol–water partition coefficient (Wildman–Crippen LogP) is 2.98. The summed E-state index contributed by atoms with van der Waals surface area (Å²) in [7, 11) is 0. The van der Waals surface area contributed by atoms with E-state index in [-0.39, 0.29) is 16.3 Å². The van der Waals surface area contributed by atoms with Crippen LogP contribution in [0.25, 0.3) is 0 Å². The second-order valence-electron chi connectivity index (χ2n) is 3.69. The molecule has 0 aromatic heterocycles. The Kier molecular flexibility index (Phi) is 4.75. The van der Waals surface area contributed by atoms with Crippen molar-refractivity contribution in [1.29, 1.82) is 0 Å². The van der Waals surface area contributed by atoms with Crippen LogP contribution in [0, 0.1) is 5.82 Å². The summed E-state index contributed by atoms with van der Waals surface area (Å²) in [6.45, 7) is -0.0622. The molecule has 0 saturated heterocycles. The molecule has 8 heteroatoms. The Labute approximate surface area is 110 Å². The van der Waals surface area contributed by atoms with Crippen LogP contribution in [0.15, 0.2) is 12.1 Å². The van der Waals surface area contributed by atoms with Crippen LogP contribution in [0.5, 0.6) is 5.75 Å². The second kappa shape index (κ2) is 5.75. The van der Waals surface area contributed by atoms with Gasteiger partial charge in [0.25, 0.3) is 0 Å². The molecule has 1 rings (SSSR count). The van der Waals surface area contributed by atoms with Gasteiger partial charge < -0.3 is 9.84 Å². The van der Waals surface area contributed by atoms with Crippen LogP contribution in [0.2, 0.25) is 5.02 Å². The van der Waals surface area contributed by atoms with Gasteiger partial charge in [-0.3, -0.25) is 4.79 Å². The van der Waals surface area contributed by atoms with Gasteiger partial charge in [-0.2, -0.15) is 13.2 Å². The van der Waals surface area contributed by atoms with Crippen LogP contribution >= 0.6 is 11.6 Å². The van der Waals surface area contributed by atoms with E-state index in [0.29, 0.717) is 0 Å². The van der Waals surface area contributed by atoms with E-state index in [1.54, 1.807) is 0 Å². The molecule has 1 atom stereocenters. The van der Waals surface area contributed by atoms with Gasteiger partial charge >= 0.3 is 6.18 Å². The molecule has 19 heavy (non-hydrogen) atoms. The topological polar surface area (TPSA) is 46.5 Å². The first kappa shape index (κ1) is 15.7. The molecule has 0 amide bonds. The van der Waals surface area contributed by atoms with Crippen molar-refractivity contribution in [2.24, 2.45) is 0 Å². The average Bonchev–Trinajstić information content (AvgIpc) is 2.24. The molecule has 0 spiro atoms. The lowest BCUT2D eigenvalue weighted by Gasteiger charge is -2.17. The van der Waals surface area contributed by atoms with Crippen LogP contribution in [-0.2, 0) is 0 Å². The smallest absolute Gasteiger partial charge is 0.417 e. The third kappa shape index (κ3) is 4.07. The van der Waals surface area contributed by atoms with E-state index in [1.807, 2.05) is 0 Å². The summed E-state index contributed by atoms with van der Waals surface area (Å²) in [6.07, 6.45) is -7.59. The molecule has 0 saturated carbocycles. The number of hydrogen-bond donors (Lipinski definition) is 1. The summed E-state index contributed by atoms with van der Waals surface area (Å²) in [4.78, 5) is 11.2. The molecule has 1 unspecified atom stereocenters. The number of aliphatic hydroxyl groups is 1. The Morgan fingerprint density at radius 3 is 2.53 bits per heavy atom. The van der Waals surface area contributed by atoms with Gasteiger partial charge in [0, 0.05) is 0 Å². The van der Waals surface area contributed by atoms with Crippen molar-refractivity contribution in [2.75, 3.05) is 6.61 Å². The average molecular weight is 301 g/mol. The highest BCUT2D eigenvalue weighted by molar-refractivity contribution is 6.32. The maximum absolute atomic E-state index is 13.0. The largest absolute Gasteiger partial charge is 0.488 e. The van der Waals surface area contributed by atoms with E-state index in [9.17, 15) is 22.4 Å².